The van der Waals surface area contributed by atoms with Gasteiger partial charge in [0.05, 0.1) is 11.7 Å². The predicted octanol–water partition coefficient (Wildman–Crippen LogP) is 1.84. The van der Waals surface area contributed by atoms with Crippen LogP contribution in [0.2, 0.25) is 0 Å². The van der Waals surface area contributed by atoms with E-state index in [2.05, 4.69) is 0 Å². The molecule has 0 spiro atoms. The number of phenols is 1. The van der Waals surface area contributed by atoms with Crippen molar-refractivity contribution in [3.8, 4) is 11.5 Å². The number of aliphatic hydroxyl groups excluding tert-OH is 3. The van der Waals surface area contributed by atoms with E-state index >= 15 is 0 Å². The third kappa shape index (κ3) is 3.95. The Kier molecular flexibility index (Phi) is 6.81. The third-order valence-corrected chi connectivity index (χ3v) is 5.54. The van der Waals surface area contributed by atoms with Gasteiger partial charge in [-0.15, -0.1) is 0 Å². The minimum absolute atomic E-state index is 0.00489. The van der Waals surface area contributed by atoms with Crippen LogP contribution in [-0.4, -0.2) is 62.5 Å². The fourth-order valence-electron chi connectivity index (χ4n) is 3.41. The van der Waals surface area contributed by atoms with E-state index in [1.54, 1.807) is 27.0 Å². The molecule has 1 saturated heterocycles. The van der Waals surface area contributed by atoms with Gasteiger partial charge >= 0.3 is 0 Å². The van der Waals surface area contributed by atoms with Crippen molar-refractivity contribution in [3.05, 3.63) is 22.3 Å². The summed E-state index contributed by atoms with van der Waals surface area (Å²) in [5, 5.41) is 40.4. The molecule has 1 fully saturated rings. The molecule has 0 aliphatic carbocycles. The van der Waals surface area contributed by atoms with Gasteiger partial charge in [-0.2, -0.15) is 0 Å². The van der Waals surface area contributed by atoms with E-state index in [0.717, 1.165) is 11.8 Å². The van der Waals surface area contributed by atoms with E-state index in [1.165, 1.54) is 0 Å². The van der Waals surface area contributed by atoms with Gasteiger partial charge in [0.15, 0.2) is 0 Å². The molecule has 1 heterocycles. The molecule has 2 rings (SSSR count). The third-order valence-electron chi connectivity index (χ3n) is 4.96. The van der Waals surface area contributed by atoms with Gasteiger partial charge in [0.25, 0.3) is 0 Å². The molecule has 7 nitrogen and oxygen atoms in total. The molecule has 0 radical (unpaired) electrons. The molecule has 1 aliphatic heterocycles. The number of thioether (sulfide) groups is 1. The molecular weight excluding hydrogens is 372 g/mol. The number of phenolic OH excluding ortho intramolecular Hbond substituents is 1. The van der Waals surface area contributed by atoms with Gasteiger partial charge in [-0.3, -0.25) is 4.79 Å². The fourth-order valence-corrected chi connectivity index (χ4v) is 3.82. The largest absolute Gasteiger partial charge is 0.507 e. The Bertz CT molecular complexity index is 719. The number of hydrogen-bond donors (Lipinski definition) is 4. The molecule has 0 saturated carbocycles. The first-order chi connectivity index (χ1) is 12.5. The van der Waals surface area contributed by atoms with Gasteiger partial charge in [0.2, 0.25) is 11.4 Å². The average Bonchev–Trinajstić information content (AvgIpc) is 2.63. The van der Waals surface area contributed by atoms with Crippen LogP contribution in [0, 0.1) is 13.8 Å². The van der Waals surface area contributed by atoms with Crippen LogP contribution in [0.5, 0.6) is 11.5 Å². The lowest BCUT2D eigenvalue weighted by Crippen LogP contribution is -2.58. The van der Waals surface area contributed by atoms with Crippen LogP contribution < -0.4 is 4.74 Å². The first-order valence-corrected chi connectivity index (χ1v) is 10.1. The Morgan fingerprint density at radius 3 is 2.22 bits per heavy atom. The summed E-state index contributed by atoms with van der Waals surface area (Å²) in [6.45, 7) is 8.72. The van der Waals surface area contributed by atoms with Crippen molar-refractivity contribution in [1.82, 2.24) is 0 Å². The van der Waals surface area contributed by atoms with Crippen LogP contribution in [-0.2, 0) is 4.74 Å². The maximum atomic E-state index is 12.7. The summed E-state index contributed by atoms with van der Waals surface area (Å²) in [6, 6.07) is 0. The van der Waals surface area contributed by atoms with Crippen molar-refractivity contribution in [2.24, 2.45) is 0 Å². The molecule has 0 amide bonds. The lowest BCUT2D eigenvalue weighted by molar-refractivity contribution is -0.268. The molecule has 27 heavy (non-hydrogen) atoms. The van der Waals surface area contributed by atoms with Crippen LogP contribution in [0.25, 0.3) is 0 Å². The first-order valence-electron chi connectivity index (χ1n) is 8.83. The summed E-state index contributed by atoms with van der Waals surface area (Å²) >= 11 is 1.02. The van der Waals surface area contributed by atoms with Crippen molar-refractivity contribution in [2.45, 2.75) is 71.2 Å². The Balaban J connectivity index is 2.60. The molecule has 5 unspecified atom stereocenters. The molecule has 1 aromatic carbocycles. The quantitative estimate of drug-likeness (QED) is 0.605. The molecule has 4 N–H and O–H groups in total. The Morgan fingerprint density at radius 2 is 1.70 bits per heavy atom. The maximum Gasteiger partial charge on any atom is 0.229 e. The second kappa shape index (κ2) is 8.36. The first kappa shape index (κ1) is 22.0. The SMILES string of the molecule is CSC(=O)c1c(OC2OC(C)C(O)C(O)C2O)c(C)c(O)c(C)c1C(C)C. The topological polar surface area (TPSA) is 116 Å². The van der Waals surface area contributed by atoms with Crippen LogP contribution >= 0.6 is 11.8 Å². The van der Waals surface area contributed by atoms with E-state index in [1.807, 2.05) is 13.8 Å². The summed E-state index contributed by atoms with van der Waals surface area (Å²) < 4.78 is 11.3. The summed E-state index contributed by atoms with van der Waals surface area (Å²) in [5.41, 5.74) is 1.92. The second-order valence-corrected chi connectivity index (χ2v) is 7.94. The molecule has 152 valence electrons. The number of benzene rings is 1. The zero-order valence-electron chi connectivity index (χ0n) is 16.4. The van der Waals surface area contributed by atoms with E-state index in [0.29, 0.717) is 22.3 Å². The summed E-state index contributed by atoms with van der Waals surface area (Å²) in [7, 11) is 0. The normalized spacial score (nSPS) is 28.4. The average molecular weight is 400 g/mol. The van der Waals surface area contributed by atoms with Crippen molar-refractivity contribution < 1.29 is 34.7 Å². The van der Waals surface area contributed by atoms with Gasteiger partial charge in [0, 0.05) is 5.56 Å². The zero-order chi connectivity index (χ0) is 20.6. The number of aliphatic hydroxyl groups is 3. The molecule has 0 aromatic heterocycles. The highest BCUT2D eigenvalue weighted by Crippen LogP contribution is 2.43. The molecule has 0 bridgehead atoms. The van der Waals surface area contributed by atoms with Crippen LogP contribution in [0.4, 0.5) is 0 Å². The second-order valence-electron chi connectivity index (χ2n) is 7.16. The highest BCUT2D eigenvalue weighted by atomic mass is 32.2. The Hall–Kier alpha value is -1.32. The molecule has 1 aliphatic rings. The van der Waals surface area contributed by atoms with Crippen LogP contribution in [0.15, 0.2) is 0 Å². The van der Waals surface area contributed by atoms with Crippen molar-refractivity contribution >= 4 is 16.9 Å². The van der Waals surface area contributed by atoms with Crippen molar-refractivity contribution in [3.63, 3.8) is 0 Å². The van der Waals surface area contributed by atoms with Crippen molar-refractivity contribution in [1.29, 1.82) is 0 Å². The van der Waals surface area contributed by atoms with Crippen LogP contribution in [0.3, 0.4) is 0 Å². The molecular formula is C19H28O7S. The zero-order valence-corrected chi connectivity index (χ0v) is 17.2. The maximum absolute atomic E-state index is 12.7. The van der Waals surface area contributed by atoms with E-state index in [-0.39, 0.29) is 22.5 Å². The highest BCUT2D eigenvalue weighted by Gasteiger charge is 2.44. The monoisotopic (exact) mass is 400 g/mol. The molecule has 5 atom stereocenters. The summed E-state index contributed by atoms with van der Waals surface area (Å²) in [4.78, 5) is 12.7. The van der Waals surface area contributed by atoms with Gasteiger partial charge in [-0.05, 0) is 44.1 Å². The fraction of sp³-hybridized carbons (Fsp3) is 0.632. The van der Waals surface area contributed by atoms with E-state index in [4.69, 9.17) is 9.47 Å². The van der Waals surface area contributed by atoms with E-state index in [9.17, 15) is 25.2 Å². The van der Waals surface area contributed by atoms with Crippen LogP contribution in [0.1, 0.15) is 53.7 Å². The Morgan fingerprint density at radius 1 is 1.11 bits per heavy atom. The van der Waals surface area contributed by atoms with Gasteiger partial charge in [0.1, 0.15) is 29.8 Å². The molecule has 8 heteroatoms. The number of aromatic hydroxyl groups is 1. The minimum Gasteiger partial charge on any atom is -0.507 e. The lowest BCUT2D eigenvalue weighted by atomic mass is 9.89. The van der Waals surface area contributed by atoms with Crippen molar-refractivity contribution in [2.75, 3.05) is 6.26 Å². The standard InChI is InChI=1S/C19H28O7S/c1-7(2)11-8(3)13(20)9(4)17(12(11)18(24)27-6)26-19-16(23)15(22)14(21)10(5)25-19/h7,10,14-16,19-23H,1-6H3. The predicted molar refractivity (Wildman–Crippen MR) is 102 cm³/mol. The number of ether oxygens (including phenoxy) is 2. The number of hydrogen-bond acceptors (Lipinski definition) is 8. The molecule has 1 aromatic rings. The Labute approximate surface area is 163 Å². The summed E-state index contributed by atoms with van der Waals surface area (Å²) in [6.07, 6.45) is -4.65. The van der Waals surface area contributed by atoms with E-state index < -0.39 is 30.7 Å². The minimum atomic E-state index is -1.52. The lowest BCUT2D eigenvalue weighted by Gasteiger charge is -2.39. The number of carbonyl (C=O) groups excluding carboxylic acids is 1. The summed E-state index contributed by atoms with van der Waals surface area (Å²) in [5.74, 6) is 0.0553. The number of carbonyl (C=O) groups is 1. The van der Waals surface area contributed by atoms with Gasteiger partial charge in [-0.25, -0.2) is 0 Å². The highest BCUT2D eigenvalue weighted by molar-refractivity contribution is 8.13. The van der Waals surface area contributed by atoms with Gasteiger partial charge in [-0.1, -0.05) is 25.6 Å². The number of rotatable bonds is 4. The van der Waals surface area contributed by atoms with Gasteiger partial charge < -0.3 is 29.9 Å². The smallest absolute Gasteiger partial charge is 0.229 e.